The van der Waals surface area contributed by atoms with E-state index in [2.05, 4.69) is 29.3 Å². The molecule has 0 bridgehead atoms. The van der Waals surface area contributed by atoms with Crippen molar-refractivity contribution in [1.82, 2.24) is 10.2 Å². The summed E-state index contributed by atoms with van der Waals surface area (Å²) in [6.45, 7) is 7.69. The van der Waals surface area contributed by atoms with E-state index in [9.17, 15) is 4.79 Å². The number of likely N-dealkylation sites (tertiary alicyclic amines) is 1. The van der Waals surface area contributed by atoms with E-state index in [1.807, 2.05) is 49.4 Å². The van der Waals surface area contributed by atoms with Crippen molar-refractivity contribution in [2.45, 2.75) is 39.3 Å². The van der Waals surface area contributed by atoms with Gasteiger partial charge in [-0.25, -0.2) is 0 Å². The standard InChI is InChI=1S/C22H28N2O/c1-17-12-14-24(15-13-17)16-19-8-10-21(11-9-19)22(25)23-18(2)20-6-4-3-5-7-20/h3-11,17-18H,12-16H2,1-2H3,(H,23,25)/t18-/m1/s1. The van der Waals surface area contributed by atoms with Gasteiger partial charge in [-0.1, -0.05) is 49.4 Å². The molecular formula is C22H28N2O. The summed E-state index contributed by atoms with van der Waals surface area (Å²) < 4.78 is 0. The zero-order chi connectivity index (χ0) is 17.6. The normalized spacial score (nSPS) is 17.2. The molecule has 1 fully saturated rings. The van der Waals surface area contributed by atoms with E-state index < -0.39 is 0 Å². The minimum absolute atomic E-state index is 0.00344. The van der Waals surface area contributed by atoms with Crippen molar-refractivity contribution < 1.29 is 4.79 Å². The molecule has 25 heavy (non-hydrogen) atoms. The second-order valence-corrected chi connectivity index (χ2v) is 7.26. The molecule has 0 saturated carbocycles. The zero-order valence-corrected chi connectivity index (χ0v) is 15.2. The molecule has 1 heterocycles. The quantitative estimate of drug-likeness (QED) is 0.877. The van der Waals surface area contributed by atoms with Gasteiger partial charge in [0.25, 0.3) is 5.91 Å². The molecule has 0 radical (unpaired) electrons. The molecule has 1 amide bonds. The maximum atomic E-state index is 12.4. The van der Waals surface area contributed by atoms with E-state index in [0.717, 1.165) is 23.6 Å². The van der Waals surface area contributed by atoms with Gasteiger partial charge in [0.1, 0.15) is 0 Å². The second kappa shape index (κ2) is 8.30. The molecule has 1 aliphatic heterocycles. The first-order valence-electron chi connectivity index (χ1n) is 9.29. The molecule has 1 aliphatic rings. The zero-order valence-electron chi connectivity index (χ0n) is 15.2. The number of benzene rings is 2. The van der Waals surface area contributed by atoms with E-state index in [-0.39, 0.29) is 11.9 Å². The summed E-state index contributed by atoms with van der Waals surface area (Å²) in [5, 5.41) is 3.07. The third-order valence-electron chi connectivity index (χ3n) is 5.15. The molecule has 2 aromatic rings. The van der Waals surface area contributed by atoms with Crippen LogP contribution < -0.4 is 5.32 Å². The van der Waals surface area contributed by atoms with E-state index in [0.29, 0.717) is 0 Å². The van der Waals surface area contributed by atoms with E-state index in [1.54, 1.807) is 0 Å². The average Bonchev–Trinajstić information content (AvgIpc) is 2.65. The van der Waals surface area contributed by atoms with Crippen LogP contribution in [-0.2, 0) is 6.54 Å². The predicted molar refractivity (Wildman–Crippen MR) is 102 cm³/mol. The van der Waals surface area contributed by atoms with Crippen molar-refractivity contribution in [1.29, 1.82) is 0 Å². The second-order valence-electron chi connectivity index (χ2n) is 7.26. The molecule has 2 aromatic carbocycles. The molecule has 132 valence electrons. The molecular weight excluding hydrogens is 308 g/mol. The van der Waals surface area contributed by atoms with Crippen molar-refractivity contribution >= 4 is 5.91 Å². The number of nitrogens with zero attached hydrogens (tertiary/aromatic N) is 1. The number of hydrogen-bond donors (Lipinski definition) is 1. The lowest BCUT2D eigenvalue weighted by molar-refractivity contribution is 0.0940. The molecule has 0 aliphatic carbocycles. The van der Waals surface area contributed by atoms with Crippen LogP contribution in [0.2, 0.25) is 0 Å². The van der Waals surface area contributed by atoms with Crippen molar-refractivity contribution in [3.05, 3.63) is 71.3 Å². The number of piperidine rings is 1. The van der Waals surface area contributed by atoms with Crippen LogP contribution >= 0.6 is 0 Å². The number of carbonyl (C=O) groups excluding carboxylic acids is 1. The molecule has 0 spiro atoms. The number of rotatable bonds is 5. The SMILES string of the molecule is CC1CCN(Cc2ccc(C(=O)N[C@H](C)c3ccccc3)cc2)CC1. The van der Waals surface area contributed by atoms with Gasteiger partial charge in [0.05, 0.1) is 6.04 Å². The van der Waals surface area contributed by atoms with E-state index in [1.165, 1.54) is 31.5 Å². The van der Waals surface area contributed by atoms with Crippen molar-refractivity contribution in [2.75, 3.05) is 13.1 Å². The highest BCUT2D eigenvalue weighted by Gasteiger charge is 2.16. The van der Waals surface area contributed by atoms with Gasteiger partial charge < -0.3 is 5.32 Å². The Morgan fingerprint density at radius 1 is 1.08 bits per heavy atom. The Balaban J connectivity index is 1.55. The molecule has 1 atom stereocenters. The number of nitrogens with one attached hydrogen (secondary N) is 1. The topological polar surface area (TPSA) is 32.3 Å². The van der Waals surface area contributed by atoms with Gasteiger partial charge in [0.15, 0.2) is 0 Å². The predicted octanol–water partition coefficient (Wildman–Crippen LogP) is 4.41. The Morgan fingerprint density at radius 3 is 2.36 bits per heavy atom. The van der Waals surface area contributed by atoms with Crippen LogP contribution in [0.4, 0.5) is 0 Å². The first-order valence-corrected chi connectivity index (χ1v) is 9.29. The summed E-state index contributed by atoms with van der Waals surface area (Å²) in [6.07, 6.45) is 2.58. The largest absolute Gasteiger partial charge is 0.346 e. The maximum Gasteiger partial charge on any atom is 0.251 e. The fourth-order valence-corrected chi connectivity index (χ4v) is 3.34. The summed E-state index contributed by atoms with van der Waals surface area (Å²) in [5.74, 6) is 0.837. The summed E-state index contributed by atoms with van der Waals surface area (Å²) in [4.78, 5) is 15.0. The fraction of sp³-hybridized carbons (Fsp3) is 0.409. The third kappa shape index (κ3) is 4.93. The molecule has 3 nitrogen and oxygen atoms in total. The Labute approximate surface area is 151 Å². The molecule has 0 aromatic heterocycles. The molecule has 0 unspecified atom stereocenters. The van der Waals surface area contributed by atoms with Crippen LogP contribution in [0.5, 0.6) is 0 Å². The van der Waals surface area contributed by atoms with Crippen LogP contribution in [0.25, 0.3) is 0 Å². The fourth-order valence-electron chi connectivity index (χ4n) is 3.34. The van der Waals surface area contributed by atoms with E-state index >= 15 is 0 Å². The van der Waals surface area contributed by atoms with Crippen molar-refractivity contribution in [3.63, 3.8) is 0 Å². The minimum Gasteiger partial charge on any atom is -0.346 e. The maximum absolute atomic E-state index is 12.4. The van der Waals surface area contributed by atoms with Gasteiger partial charge in [0.2, 0.25) is 0 Å². The van der Waals surface area contributed by atoms with Crippen LogP contribution in [-0.4, -0.2) is 23.9 Å². The smallest absolute Gasteiger partial charge is 0.251 e. The van der Waals surface area contributed by atoms with Crippen molar-refractivity contribution in [3.8, 4) is 0 Å². The summed E-state index contributed by atoms with van der Waals surface area (Å²) in [7, 11) is 0. The molecule has 1 saturated heterocycles. The van der Waals surface area contributed by atoms with Crippen LogP contribution in [0.1, 0.15) is 54.2 Å². The lowest BCUT2D eigenvalue weighted by Gasteiger charge is -2.30. The van der Waals surface area contributed by atoms with Crippen molar-refractivity contribution in [2.24, 2.45) is 5.92 Å². The van der Waals surface area contributed by atoms with Crippen LogP contribution in [0.15, 0.2) is 54.6 Å². The summed E-state index contributed by atoms with van der Waals surface area (Å²) >= 11 is 0. The van der Waals surface area contributed by atoms with Crippen LogP contribution in [0, 0.1) is 5.92 Å². The molecule has 3 rings (SSSR count). The Kier molecular flexibility index (Phi) is 5.87. The number of hydrogen-bond acceptors (Lipinski definition) is 2. The first-order chi connectivity index (χ1) is 12.1. The highest BCUT2D eigenvalue weighted by atomic mass is 16.1. The lowest BCUT2D eigenvalue weighted by atomic mass is 9.99. The van der Waals surface area contributed by atoms with Crippen LogP contribution in [0.3, 0.4) is 0 Å². The summed E-state index contributed by atoms with van der Waals surface area (Å²) in [5.41, 5.74) is 3.12. The minimum atomic E-state index is -0.0188. The number of carbonyl (C=O) groups is 1. The van der Waals surface area contributed by atoms with Gasteiger partial charge in [0, 0.05) is 12.1 Å². The number of amides is 1. The molecule has 1 N–H and O–H groups in total. The highest BCUT2D eigenvalue weighted by molar-refractivity contribution is 5.94. The Bertz CT molecular complexity index is 673. The average molecular weight is 336 g/mol. The molecule has 3 heteroatoms. The Morgan fingerprint density at radius 2 is 1.72 bits per heavy atom. The monoisotopic (exact) mass is 336 g/mol. The third-order valence-corrected chi connectivity index (χ3v) is 5.15. The summed E-state index contributed by atoms with van der Waals surface area (Å²) in [6, 6.07) is 18.1. The first kappa shape index (κ1) is 17.7. The van der Waals surface area contributed by atoms with Gasteiger partial charge in [-0.3, -0.25) is 9.69 Å². The Hall–Kier alpha value is -2.13. The van der Waals surface area contributed by atoms with E-state index in [4.69, 9.17) is 0 Å². The van der Waals surface area contributed by atoms with Gasteiger partial charge >= 0.3 is 0 Å². The highest BCUT2D eigenvalue weighted by Crippen LogP contribution is 2.18. The van der Waals surface area contributed by atoms with Gasteiger partial charge in [-0.15, -0.1) is 0 Å². The lowest BCUT2D eigenvalue weighted by Crippen LogP contribution is -2.32. The van der Waals surface area contributed by atoms with Gasteiger partial charge in [-0.05, 0) is 62.0 Å². The van der Waals surface area contributed by atoms with Gasteiger partial charge in [-0.2, -0.15) is 0 Å².